The van der Waals surface area contributed by atoms with Gasteiger partial charge in [-0.2, -0.15) is 5.10 Å². The maximum absolute atomic E-state index is 5.73. The molecule has 0 bridgehead atoms. The van der Waals surface area contributed by atoms with Gasteiger partial charge in [-0.05, 0) is 35.9 Å². The van der Waals surface area contributed by atoms with Crippen LogP contribution in [-0.4, -0.2) is 19.7 Å². The number of aryl methyl sites for hydroxylation is 1. The zero-order chi connectivity index (χ0) is 12.5. The Morgan fingerprint density at radius 3 is 3.00 bits per heavy atom. The second kappa shape index (κ2) is 4.27. The van der Waals surface area contributed by atoms with Crippen LogP contribution in [0.15, 0.2) is 36.7 Å². The van der Waals surface area contributed by atoms with Crippen LogP contribution in [0, 0.1) is 0 Å². The molecule has 0 aliphatic carbocycles. The largest absolute Gasteiger partial charge is 0.340 e. The highest BCUT2D eigenvalue weighted by Crippen LogP contribution is 2.21. The normalized spacial score (nSPS) is 10.8. The minimum absolute atomic E-state index is 0.224. The highest BCUT2D eigenvalue weighted by molar-refractivity contribution is 6.28. The maximum atomic E-state index is 5.73. The highest BCUT2D eigenvalue weighted by atomic mass is 35.5. The quantitative estimate of drug-likeness (QED) is 0.719. The number of hydrogen-bond donors (Lipinski definition) is 1. The Balaban J connectivity index is 1.95. The molecular formula is C12H10ClN5. The number of benzene rings is 1. The molecular weight excluding hydrogens is 250 g/mol. The molecule has 0 aliphatic heterocycles. The summed E-state index contributed by atoms with van der Waals surface area (Å²) in [4.78, 5) is 7.91. The summed E-state index contributed by atoms with van der Waals surface area (Å²) in [7, 11) is 1.92. The Hall–Kier alpha value is -2.14. The first kappa shape index (κ1) is 11.0. The van der Waals surface area contributed by atoms with Crippen molar-refractivity contribution in [2.24, 2.45) is 7.05 Å². The lowest BCUT2D eigenvalue weighted by Gasteiger charge is -2.05. The van der Waals surface area contributed by atoms with Crippen molar-refractivity contribution in [3.05, 3.63) is 41.9 Å². The fourth-order valence-corrected chi connectivity index (χ4v) is 1.94. The molecule has 0 unspecified atom stereocenters. The monoisotopic (exact) mass is 259 g/mol. The third kappa shape index (κ3) is 2.00. The molecule has 2 aromatic heterocycles. The summed E-state index contributed by atoms with van der Waals surface area (Å²) in [5.41, 5.74) is 2.02. The van der Waals surface area contributed by atoms with Crippen LogP contribution in [-0.2, 0) is 7.05 Å². The van der Waals surface area contributed by atoms with Crippen LogP contribution in [0.1, 0.15) is 0 Å². The number of fused-ring (bicyclic) bond motifs is 1. The first-order valence-electron chi connectivity index (χ1n) is 5.40. The minimum atomic E-state index is 0.224. The molecule has 1 aromatic carbocycles. The molecule has 5 nitrogen and oxygen atoms in total. The number of nitrogens with zero attached hydrogens (tertiary/aromatic N) is 4. The first-order chi connectivity index (χ1) is 8.72. The third-order valence-corrected chi connectivity index (χ3v) is 2.83. The predicted octanol–water partition coefficient (Wildman–Crippen LogP) is 2.76. The molecule has 0 amide bonds. The lowest BCUT2D eigenvalue weighted by atomic mass is 10.2. The van der Waals surface area contributed by atoms with Gasteiger partial charge in [-0.1, -0.05) is 0 Å². The van der Waals surface area contributed by atoms with Crippen LogP contribution in [0.5, 0.6) is 0 Å². The molecule has 6 heteroatoms. The van der Waals surface area contributed by atoms with Gasteiger partial charge < -0.3 is 5.32 Å². The van der Waals surface area contributed by atoms with E-state index in [1.165, 1.54) is 0 Å². The molecule has 18 heavy (non-hydrogen) atoms. The standard InChI is InChI=1S/C12H10ClN5/c1-18-10-3-2-9(6-8(10)7-15-18)16-11-4-5-14-12(13)17-11/h2-7H,1H3,(H,14,16,17). The van der Waals surface area contributed by atoms with Gasteiger partial charge in [-0.3, -0.25) is 4.68 Å². The average Bonchev–Trinajstić information content (AvgIpc) is 2.71. The van der Waals surface area contributed by atoms with Crippen molar-refractivity contribution in [3.63, 3.8) is 0 Å². The fraction of sp³-hybridized carbons (Fsp3) is 0.0833. The van der Waals surface area contributed by atoms with Crippen molar-refractivity contribution < 1.29 is 0 Å². The van der Waals surface area contributed by atoms with E-state index >= 15 is 0 Å². The van der Waals surface area contributed by atoms with Gasteiger partial charge in [0, 0.05) is 24.3 Å². The van der Waals surface area contributed by atoms with Gasteiger partial charge in [-0.15, -0.1) is 0 Å². The van der Waals surface area contributed by atoms with Crippen molar-refractivity contribution in [3.8, 4) is 0 Å². The molecule has 3 rings (SSSR count). The maximum Gasteiger partial charge on any atom is 0.224 e. The molecule has 0 spiro atoms. The van der Waals surface area contributed by atoms with Crippen LogP contribution < -0.4 is 5.32 Å². The van der Waals surface area contributed by atoms with E-state index in [0.717, 1.165) is 16.6 Å². The number of hydrogen-bond acceptors (Lipinski definition) is 4. The van der Waals surface area contributed by atoms with E-state index in [1.807, 2.05) is 36.1 Å². The fourth-order valence-electron chi connectivity index (χ4n) is 1.79. The van der Waals surface area contributed by atoms with E-state index in [9.17, 15) is 0 Å². The molecule has 90 valence electrons. The SMILES string of the molecule is Cn1ncc2cc(Nc3ccnc(Cl)n3)ccc21. The summed E-state index contributed by atoms with van der Waals surface area (Å²) in [5.74, 6) is 0.665. The highest BCUT2D eigenvalue weighted by Gasteiger charge is 2.02. The van der Waals surface area contributed by atoms with Gasteiger partial charge in [0.05, 0.1) is 11.7 Å². The lowest BCUT2D eigenvalue weighted by Crippen LogP contribution is -1.94. The molecule has 0 fully saturated rings. The third-order valence-electron chi connectivity index (χ3n) is 2.64. The van der Waals surface area contributed by atoms with Crippen LogP contribution in [0.4, 0.5) is 11.5 Å². The van der Waals surface area contributed by atoms with Gasteiger partial charge in [0.1, 0.15) is 5.82 Å². The predicted molar refractivity (Wildman–Crippen MR) is 71.0 cm³/mol. The van der Waals surface area contributed by atoms with Gasteiger partial charge in [0.25, 0.3) is 0 Å². The molecule has 3 aromatic rings. The van der Waals surface area contributed by atoms with Crippen LogP contribution >= 0.6 is 11.6 Å². The molecule has 0 radical (unpaired) electrons. The van der Waals surface area contributed by atoms with E-state index in [-0.39, 0.29) is 5.28 Å². The summed E-state index contributed by atoms with van der Waals surface area (Å²) in [6.45, 7) is 0. The number of aromatic nitrogens is 4. The Bertz CT molecular complexity index is 707. The summed E-state index contributed by atoms with van der Waals surface area (Å²) in [6.07, 6.45) is 3.44. The van der Waals surface area contributed by atoms with E-state index in [0.29, 0.717) is 5.82 Å². The number of rotatable bonds is 2. The Morgan fingerprint density at radius 1 is 1.28 bits per heavy atom. The second-order valence-electron chi connectivity index (χ2n) is 3.88. The first-order valence-corrected chi connectivity index (χ1v) is 5.77. The molecule has 2 heterocycles. The number of anilines is 2. The molecule has 1 N–H and O–H groups in total. The molecule has 0 saturated heterocycles. The van der Waals surface area contributed by atoms with Gasteiger partial charge in [0.15, 0.2) is 0 Å². The van der Waals surface area contributed by atoms with Crippen molar-refractivity contribution in [1.82, 2.24) is 19.7 Å². The van der Waals surface area contributed by atoms with Crippen molar-refractivity contribution in [2.45, 2.75) is 0 Å². The topological polar surface area (TPSA) is 55.6 Å². The molecule has 0 saturated carbocycles. The van der Waals surface area contributed by atoms with Crippen molar-refractivity contribution >= 4 is 34.0 Å². The molecule has 0 atom stereocenters. The van der Waals surface area contributed by atoms with Crippen LogP contribution in [0.3, 0.4) is 0 Å². The Morgan fingerprint density at radius 2 is 2.17 bits per heavy atom. The van der Waals surface area contributed by atoms with Crippen LogP contribution in [0.25, 0.3) is 10.9 Å². The van der Waals surface area contributed by atoms with Gasteiger partial charge >= 0.3 is 0 Å². The summed E-state index contributed by atoms with van der Waals surface area (Å²) in [6, 6.07) is 7.76. The summed E-state index contributed by atoms with van der Waals surface area (Å²) >= 11 is 5.73. The van der Waals surface area contributed by atoms with E-state index in [4.69, 9.17) is 11.6 Å². The zero-order valence-corrected chi connectivity index (χ0v) is 10.4. The zero-order valence-electron chi connectivity index (χ0n) is 9.63. The molecule has 0 aliphatic rings. The van der Waals surface area contributed by atoms with Gasteiger partial charge in [-0.25, -0.2) is 9.97 Å². The van der Waals surface area contributed by atoms with Crippen LogP contribution in [0.2, 0.25) is 5.28 Å². The lowest BCUT2D eigenvalue weighted by molar-refractivity contribution is 0.797. The Kier molecular flexibility index (Phi) is 2.60. The van der Waals surface area contributed by atoms with E-state index < -0.39 is 0 Å². The van der Waals surface area contributed by atoms with Gasteiger partial charge in [0.2, 0.25) is 5.28 Å². The smallest absolute Gasteiger partial charge is 0.224 e. The van der Waals surface area contributed by atoms with E-state index in [1.54, 1.807) is 12.3 Å². The summed E-state index contributed by atoms with van der Waals surface area (Å²) < 4.78 is 1.83. The minimum Gasteiger partial charge on any atom is -0.340 e. The second-order valence-corrected chi connectivity index (χ2v) is 4.22. The van der Waals surface area contributed by atoms with E-state index in [2.05, 4.69) is 20.4 Å². The average molecular weight is 260 g/mol. The van der Waals surface area contributed by atoms with Crippen molar-refractivity contribution in [2.75, 3.05) is 5.32 Å². The number of nitrogens with one attached hydrogen (secondary N) is 1. The number of halogens is 1. The summed E-state index contributed by atoms with van der Waals surface area (Å²) in [5, 5.41) is 8.67. The Labute approximate surface area is 108 Å². The van der Waals surface area contributed by atoms with Crippen molar-refractivity contribution in [1.29, 1.82) is 0 Å².